The number of aromatic hydroxyl groups is 1. The summed E-state index contributed by atoms with van der Waals surface area (Å²) in [5.74, 6) is -1.58. The number of carbonyl (C=O) groups is 1. The maximum atomic E-state index is 10.9. The summed E-state index contributed by atoms with van der Waals surface area (Å²) in [7, 11) is 0. The average Bonchev–Trinajstić information content (AvgIpc) is 1.96. The third kappa shape index (κ3) is 1.29. The van der Waals surface area contributed by atoms with Crippen LogP contribution in [0.1, 0.15) is 16.1 Å². The van der Waals surface area contributed by atoms with Crippen molar-refractivity contribution in [2.45, 2.75) is 6.92 Å². The van der Waals surface area contributed by atoms with Gasteiger partial charge in [0.1, 0.15) is 11.3 Å². The molecule has 1 rings (SSSR count). The van der Waals surface area contributed by atoms with Crippen molar-refractivity contribution >= 4 is 5.97 Å². The molecular formula is C7H7NO4. The summed E-state index contributed by atoms with van der Waals surface area (Å²) in [6.45, 7) is 1.47. The smallest absolute Gasteiger partial charge is 0.341 e. The van der Waals surface area contributed by atoms with Crippen molar-refractivity contribution in [1.82, 2.24) is 4.98 Å². The summed E-state index contributed by atoms with van der Waals surface area (Å²) in [4.78, 5) is 23.4. The van der Waals surface area contributed by atoms with Gasteiger partial charge in [-0.2, -0.15) is 0 Å². The van der Waals surface area contributed by atoms with Crippen LogP contribution in [0.2, 0.25) is 0 Å². The van der Waals surface area contributed by atoms with Crippen LogP contribution in [-0.2, 0) is 0 Å². The monoisotopic (exact) mass is 169 g/mol. The third-order valence-electron chi connectivity index (χ3n) is 1.44. The summed E-state index contributed by atoms with van der Waals surface area (Å²) >= 11 is 0. The van der Waals surface area contributed by atoms with Crippen LogP contribution in [0, 0.1) is 6.92 Å². The lowest BCUT2D eigenvalue weighted by Gasteiger charge is -1.98. The van der Waals surface area contributed by atoms with Crippen molar-refractivity contribution in [3.05, 3.63) is 27.7 Å². The molecule has 0 aromatic carbocycles. The highest BCUT2D eigenvalue weighted by molar-refractivity contribution is 5.87. The van der Waals surface area contributed by atoms with Gasteiger partial charge in [0.25, 0.3) is 5.56 Å². The molecule has 0 atom stereocenters. The number of rotatable bonds is 1. The van der Waals surface area contributed by atoms with Crippen LogP contribution < -0.4 is 5.56 Å². The molecule has 0 amide bonds. The highest BCUT2D eigenvalue weighted by Crippen LogP contribution is 2.11. The molecule has 12 heavy (non-hydrogen) atoms. The number of H-pyrrole nitrogens is 1. The number of aromatic nitrogens is 1. The standard InChI is InChI=1S/C7H7NO4/c1-3-5(9)2-4(7(11)12)6(10)8-3/h2,9H,1H3,(H,8,10)(H,11,12). The Hall–Kier alpha value is -1.78. The summed E-state index contributed by atoms with van der Waals surface area (Å²) in [6, 6.07) is 0.927. The summed E-state index contributed by atoms with van der Waals surface area (Å²) in [5.41, 5.74) is -0.916. The van der Waals surface area contributed by atoms with Crippen LogP contribution in [0.5, 0.6) is 5.75 Å². The van der Waals surface area contributed by atoms with E-state index in [-0.39, 0.29) is 11.4 Å². The minimum absolute atomic E-state index is 0.230. The fourth-order valence-corrected chi connectivity index (χ4v) is 0.771. The number of carboxylic acids is 1. The van der Waals surface area contributed by atoms with Gasteiger partial charge in [-0.3, -0.25) is 4.79 Å². The number of pyridine rings is 1. The van der Waals surface area contributed by atoms with E-state index < -0.39 is 17.1 Å². The molecule has 0 saturated heterocycles. The van der Waals surface area contributed by atoms with Crippen molar-refractivity contribution < 1.29 is 15.0 Å². The number of nitrogens with one attached hydrogen (secondary N) is 1. The molecule has 1 aromatic rings. The zero-order valence-electron chi connectivity index (χ0n) is 6.29. The molecule has 1 aromatic heterocycles. The molecule has 1 heterocycles. The molecule has 0 aliphatic carbocycles. The van der Waals surface area contributed by atoms with E-state index in [1.807, 2.05) is 0 Å². The normalized spacial score (nSPS) is 9.75. The van der Waals surface area contributed by atoms with E-state index in [9.17, 15) is 9.59 Å². The van der Waals surface area contributed by atoms with E-state index in [1.165, 1.54) is 6.92 Å². The summed E-state index contributed by atoms with van der Waals surface area (Å²) < 4.78 is 0. The molecule has 0 fully saturated rings. The van der Waals surface area contributed by atoms with Gasteiger partial charge < -0.3 is 15.2 Å². The summed E-state index contributed by atoms with van der Waals surface area (Å²) in [5, 5.41) is 17.5. The van der Waals surface area contributed by atoms with Crippen LogP contribution in [-0.4, -0.2) is 21.2 Å². The first-order chi connectivity index (χ1) is 5.52. The number of hydrogen-bond acceptors (Lipinski definition) is 3. The van der Waals surface area contributed by atoms with Crippen molar-refractivity contribution in [2.75, 3.05) is 0 Å². The average molecular weight is 169 g/mol. The molecule has 0 radical (unpaired) electrons. The van der Waals surface area contributed by atoms with Gasteiger partial charge in [-0.15, -0.1) is 0 Å². The van der Waals surface area contributed by atoms with Crippen LogP contribution in [0.15, 0.2) is 10.9 Å². The number of carboxylic acid groups (broad SMARTS) is 1. The molecule has 5 nitrogen and oxygen atoms in total. The van der Waals surface area contributed by atoms with Crippen molar-refractivity contribution in [3.63, 3.8) is 0 Å². The van der Waals surface area contributed by atoms with Crippen LogP contribution in [0.25, 0.3) is 0 Å². The molecule has 0 saturated carbocycles. The molecule has 0 aliphatic rings. The Kier molecular flexibility index (Phi) is 1.86. The fourth-order valence-electron chi connectivity index (χ4n) is 0.771. The lowest BCUT2D eigenvalue weighted by molar-refractivity contribution is 0.0694. The first kappa shape index (κ1) is 8.32. The van der Waals surface area contributed by atoms with E-state index in [0.717, 1.165) is 6.07 Å². The predicted octanol–water partition coefficient (Wildman–Crippen LogP) is 0.0871. The molecule has 3 N–H and O–H groups in total. The molecule has 5 heteroatoms. The van der Waals surface area contributed by atoms with Gasteiger partial charge in [-0.05, 0) is 6.92 Å². The van der Waals surface area contributed by atoms with Crippen molar-refractivity contribution in [1.29, 1.82) is 0 Å². The highest BCUT2D eigenvalue weighted by Gasteiger charge is 2.10. The molecule has 0 aliphatic heterocycles. The largest absolute Gasteiger partial charge is 0.506 e. The Morgan fingerprint density at radius 2 is 2.17 bits per heavy atom. The van der Waals surface area contributed by atoms with Gasteiger partial charge in [0.15, 0.2) is 0 Å². The van der Waals surface area contributed by atoms with E-state index in [2.05, 4.69) is 4.98 Å². The van der Waals surface area contributed by atoms with Crippen LogP contribution in [0.3, 0.4) is 0 Å². The molecular weight excluding hydrogens is 162 g/mol. The maximum absolute atomic E-state index is 10.9. The van der Waals surface area contributed by atoms with E-state index in [1.54, 1.807) is 0 Å². The van der Waals surface area contributed by atoms with Gasteiger partial charge in [0.2, 0.25) is 0 Å². The predicted molar refractivity (Wildman–Crippen MR) is 40.4 cm³/mol. The maximum Gasteiger partial charge on any atom is 0.341 e. The van der Waals surface area contributed by atoms with Gasteiger partial charge in [0, 0.05) is 6.07 Å². The summed E-state index contributed by atoms with van der Waals surface area (Å²) in [6.07, 6.45) is 0. The van der Waals surface area contributed by atoms with Crippen molar-refractivity contribution in [3.8, 4) is 5.75 Å². The number of aromatic amines is 1. The van der Waals surface area contributed by atoms with Crippen LogP contribution >= 0.6 is 0 Å². The highest BCUT2D eigenvalue weighted by atomic mass is 16.4. The fraction of sp³-hybridized carbons (Fsp3) is 0.143. The molecule has 64 valence electrons. The molecule has 0 spiro atoms. The number of aryl methyl sites for hydroxylation is 1. The first-order valence-corrected chi connectivity index (χ1v) is 3.18. The third-order valence-corrected chi connectivity index (χ3v) is 1.44. The Labute approximate surface area is 67.3 Å². The zero-order chi connectivity index (χ0) is 9.30. The topological polar surface area (TPSA) is 90.4 Å². The molecule has 0 bridgehead atoms. The van der Waals surface area contributed by atoms with Crippen LogP contribution in [0.4, 0.5) is 0 Å². The van der Waals surface area contributed by atoms with Gasteiger partial charge in [0.05, 0.1) is 5.69 Å². The second kappa shape index (κ2) is 2.69. The second-order valence-corrected chi connectivity index (χ2v) is 2.33. The number of hydrogen-bond donors (Lipinski definition) is 3. The zero-order valence-corrected chi connectivity index (χ0v) is 6.29. The van der Waals surface area contributed by atoms with Gasteiger partial charge in [-0.1, -0.05) is 0 Å². The number of aromatic carboxylic acids is 1. The van der Waals surface area contributed by atoms with Crippen molar-refractivity contribution in [2.24, 2.45) is 0 Å². The Bertz CT molecular complexity index is 379. The lowest BCUT2D eigenvalue weighted by Crippen LogP contribution is -2.17. The molecule has 0 unspecified atom stereocenters. The SMILES string of the molecule is Cc1[nH]c(=O)c(C(=O)O)cc1O. The van der Waals surface area contributed by atoms with E-state index >= 15 is 0 Å². The van der Waals surface area contributed by atoms with E-state index in [0.29, 0.717) is 0 Å². The van der Waals surface area contributed by atoms with Gasteiger partial charge in [-0.25, -0.2) is 4.79 Å². The minimum Gasteiger partial charge on any atom is -0.506 e. The first-order valence-electron chi connectivity index (χ1n) is 3.18. The van der Waals surface area contributed by atoms with Gasteiger partial charge >= 0.3 is 5.97 Å². The Balaban J connectivity index is 3.43. The lowest BCUT2D eigenvalue weighted by atomic mass is 10.2. The quantitative estimate of drug-likeness (QED) is 0.555. The minimum atomic E-state index is -1.36. The Morgan fingerprint density at radius 1 is 1.58 bits per heavy atom. The Morgan fingerprint density at radius 3 is 2.67 bits per heavy atom. The van der Waals surface area contributed by atoms with E-state index in [4.69, 9.17) is 10.2 Å². The second-order valence-electron chi connectivity index (χ2n) is 2.33.